The van der Waals surface area contributed by atoms with Crippen molar-refractivity contribution in [3.63, 3.8) is 0 Å². The van der Waals surface area contributed by atoms with Crippen LogP contribution in [0.3, 0.4) is 0 Å². The molecule has 0 saturated carbocycles. The van der Waals surface area contributed by atoms with Crippen LogP contribution in [0.25, 0.3) is 0 Å². The molecular formula is C13H12N2O2S2. The van der Waals surface area contributed by atoms with E-state index >= 15 is 0 Å². The number of thioether (sulfide) groups is 1. The summed E-state index contributed by atoms with van der Waals surface area (Å²) in [7, 11) is 0. The van der Waals surface area contributed by atoms with Crippen molar-refractivity contribution >= 4 is 40.4 Å². The molecule has 1 fully saturated rings. The van der Waals surface area contributed by atoms with Crippen LogP contribution in [0.4, 0.5) is 0 Å². The van der Waals surface area contributed by atoms with Gasteiger partial charge in [0.05, 0.1) is 12.0 Å². The van der Waals surface area contributed by atoms with Crippen LogP contribution in [-0.2, 0) is 4.79 Å². The maximum Gasteiger partial charge on any atom is 0.259 e. The summed E-state index contributed by atoms with van der Waals surface area (Å²) >= 11 is 6.36. The van der Waals surface area contributed by atoms with Gasteiger partial charge < -0.3 is 4.74 Å². The van der Waals surface area contributed by atoms with Crippen LogP contribution >= 0.6 is 24.0 Å². The molecule has 1 aliphatic heterocycles. The lowest BCUT2D eigenvalue weighted by Gasteiger charge is -2.07. The molecule has 4 nitrogen and oxygen atoms in total. The predicted molar refractivity (Wildman–Crippen MR) is 81.6 cm³/mol. The summed E-state index contributed by atoms with van der Waals surface area (Å²) in [6.45, 7) is 4.04. The van der Waals surface area contributed by atoms with Gasteiger partial charge in [0, 0.05) is 0 Å². The van der Waals surface area contributed by atoms with Gasteiger partial charge in [-0.1, -0.05) is 48.8 Å². The van der Waals surface area contributed by atoms with E-state index in [4.69, 9.17) is 17.0 Å². The Morgan fingerprint density at radius 1 is 1.58 bits per heavy atom. The molecule has 1 saturated heterocycles. The lowest BCUT2D eigenvalue weighted by atomic mass is 10.2. The van der Waals surface area contributed by atoms with Gasteiger partial charge >= 0.3 is 0 Å². The van der Waals surface area contributed by atoms with E-state index in [1.807, 2.05) is 24.3 Å². The first kappa shape index (κ1) is 13.8. The van der Waals surface area contributed by atoms with Gasteiger partial charge in [-0.15, -0.1) is 0 Å². The Hall–Kier alpha value is -1.66. The van der Waals surface area contributed by atoms with Crippen LogP contribution in [0.5, 0.6) is 5.75 Å². The number of amides is 1. The van der Waals surface area contributed by atoms with Gasteiger partial charge in [-0.3, -0.25) is 4.79 Å². The summed E-state index contributed by atoms with van der Waals surface area (Å²) in [6, 6.07) is 7.42. The molecule has 0 atom stereocenters. The van der Waals surface area contributed by atoms with E-state index in [0.717, 1.165) is 11.3 Å². The molecule has 0 aliphatic carbocycles. The van der Waals surface area contributed by atoms with Gasteiger partial charge in [-0.2, -0.15) is 10.1 Å². The van der Waals surface area contributed by atoms with Gasteiger partial charge in [-0.25, -0.2) is 0 Å². The fourth-order valence-corrected chi connectivity index (χ4v) is 2.39. The van der Waals surface area contributed by atoms with E-state index in [1.54, 1.807) is 12.3 Å². The van der Waals surface area contributed by atoms with E-state index in [9.17, 15) is 4.79 Å². The zero-order valence-corrected chi connectivity index (χ0v) is 11.7. The molecule has 1 aromatic carbocycles. The van der Waals surface area contributed by atoms with E-state index in [-0.39, 0.29) is 5.91 Å². The molecule has 19 heavy (non-hydrogen) atoms. The normalized spacial score (nSPS) is 15.3. The largest absolute Gasteiger partial charge is 0.490 e. The Bertz CT molecular complexity index is 527. The standard InChI is InChI=1S/C13H12N2O2S2/c1-2-6-17-11-5-3-4-10(7-11)8-14-15-12(16)9-19-13(15)18/h2-5,7-8H,1,6,9H2/b14-8+. The molecule has 0 bridgehead atoms. The van der Waals surface area contributed by atoms with Crippen molar-refractivity contribution in [2.45, 2.75) is 0 Å². The lowest BCUT2D eigenvalue weighted by Crippen LogP contribution is -2.22. The number of ether oxygens (including phenoxy) is 1. The Morgan fingerprint density at radius 2 is 2.42 bits per heavy atom. The van der Waals surface area contributed by atoms with E-state index in [0.29, 0.717) is 16.7 Å². The smallest absolute Gasteiger partial charge is 0.259 e. The summed E-state index contributed by atoms with van der Waals surface area (Å²) in [5.41, 5.74) is 0.842. The second-order valence-corrected chi connectivity index (χ2v) is 5.29. The molecule has 1 aliphatic rings. The van der Waals surface area contributed by atoms with Gasteiger partial charge in [0.2, 0.25) is 0 Å². The van der Waals surface area contributed by atoms with Crippen LogP contribution in [0, 0.1) is 0 Å². The topological polar surface area (TPSA) is 41.9 Å². The van der Waals surface area contributed by atoms with E-state index in [2.05, 4.69) is 11.7 Å². The Balaban J connectivity index is 2.08. The summed E-state index contributed by atoms with van der Waals surface area (Å²) in [5.74, 6) is 0.998. The molecule has 0 radical (unpaired) electrons. The number of hydrazone groups is 1. The molecule has 2 rings (SSSR count). The minimum Gasteiger partial charge on any atom is -0.490 e. The SMILES string of the molecule is C=CCOc1cccc(/C=N/N2C(=O)CSC2=S)c1. The van der Waals surface area contributed by atoms with E-state index in [1.165, 1.54) is 16.8 Å². The number of thiocarbonyl (C=S) groups is 1. The summed E-state index contributed by atoms with van der Waals surface area (Å²) in [4.78, 5) is 11.5. The second kappa shape index (κ2) is 6.49. The zero-order valence-electron chi connectivity index (χ0n) is 10.1. The molecule has 98 valence electrons. The summed E-state index contributed by atoms with van der Waals surface area (Å²) < 4.78 is 5.91. The maximum absolute atomic E-state index is 11.5. The average Bonchev–Trinajstić information content (AvgIpc) is 2.74. The minimum absolute atomic E-state index is 0.0923. The van der Waals surface area contributed by atoms with Crippen molar-refractivity contribution in [3.05, 3.63) is 42.5 Å². The van der Waals surface area contributed by atoms with Crippen molar-refractivity contribution in [2.75, 3.05) is 12.4 Å². The van der Waals surface area contributed by atoms with Crippen molar-refractivity contribution in [1.29, 1.82) is 0 Å². The summed E-state index contributed by atoms with van der Waals surface area (Å²) in [5, 5.41) is 5.35. The number of carbonyl (C=O) groups excluding carboxylic acids is 1. The highest BCUT2D eigenvalue weighted by atomic mass is 32.2. The fourth-order valence-electron chi connectivity index (χ4n) is 1.42. The highest BCUT2D eigenvalue weighted by molar-refractivity contribution is 8.23. The molecule has 0 unspecified atom stereocenters. The molecule has 0 N–H and O–H groups in total. The van der Waals surface area contributed by atoms with Crippen LogP contribution < -0.4 is 4.74 Å². The number of benzene rings is 1. The predicted octanol–water partition coefficient (Wildman–Crippen LogP) is 2.45. The Labute approximate surface area is 121 Å². The second-order valence-electron chi connectivity index (χ2n) is 3.68. The molecular weight excluding hydrogens is 280 g/mol. The van der Waals surface area contributed by atoms with Crippen molar-refractivity contribution in [1.82, 2.24) is 5.01 Å². The third-order valence-corrected chi connectivity index (χ3v) is 3.61. The van der Waals surface area contributed by atoms with Crippen LogP contribution in [0.2, 0.25) is 0 Å². The molecule has 1 heterocycles. The zero-order chi connectivity index (χ0) is 13.7. The number of carbonyl (C=O) groups is 1. The van der Waals surface area contributed by atoms with Crippen LogP contribution in [0.1, 0.15) is 5.56 Å². The first-order chi connectivity index (χ1) is 9.20. The molecule has 6 heteroatoms. The maximum atomic E-state index is 11.5. The molecule has 1 amide bonds. The molecule has 0 spiro atoms. The number of hydrogen-bond donors (Lipinski definition) is 0. The number of rotatable bonds is 5. The third-order valence-electron chi connectivity index (χ3n) is 2.28. The monoisotopic (exact) mass is 292 g/mol. The average molecular weight is 292 g/mol. The first-order valence-corrected chi connectivity index (χ1v) is 6.97. The number of nitrogens with zero attached hydrogens (tertiary/aromatic N) is 2. The van der Waals surface area contributed by atoms with Gasteiger partial charge in [-0.05, 0) is 17.7 Å². The third kappa shape index (κ3) is 3.65. The van der Waals surface area contributed by atoms with Gasteiger partial charge in [0.1, 0.15) is 12.4 Å². The van der Waals surface area contributed by atoms with Crippen molar-refractivity contribution in [2.24, 2.45) is 5.10 Å². The first-order valence-electron chi connectivity index (χ1n) is 5.58. The van der Waals surface area contributed by atoms with Crippen LogP contribution in [0.15, 0.2) is 42.0 Å². The van der Waals surface area contributed by atoms with E-state index < -0.39 is 0 Å². The Morgan fingerprint density at radius 3 is 3.11 bits per heavy atom. The Kier molecular flexibility index (Phi) is 4.70. The highest BCUT2D eigenvalue weighted by Gasteiger charge is 2.25. The van der Waals surface area contributed by atoms with Gasteiger partial charge in [0.15, 0.2) is 4.32 Å². The van der Waals surface area contributed by atoms with Gasteiger partial charge in [0.25, 0.3) is 5.91 Å². The van der Waals surface area contributed by atoms with Crippen LogP contribution in [-0.4, -0.2) is 33.8 Å². The fraction of sp³-hybridized carbons (Fsp3) is 0.154. The van der Waals surface area contributed by atoms with Crippen molar-refractivity contribution in [3.8, 4) is 5.75 Å². The summed E-state index contributed by atoms with van der Waals surface area (Å²) in [6.07, 6.45) is 3.27. The molecule has 1 aromatic rings. The highest BCUT2D eigenvalue weighted by Crippen LogP contribution is 2.19. The number of hydrogen-bond acceptors (Lipinski definition) is 5. The van der Waals surface area contributed by atoms with Crippen molar-refractivity contribution < 1.29 is 9.53 Å². The molecule has 0 aromatic heterocycles. The lowest BCUT2D eigenvalue weighted by molar-refractivity contribution is -0.123. The minimum atomic E-state index is -0.0923. The quantitative estimate of drug-likeness (QED) is 0.475.